The molecule has 0 unspecified atom stereocenters. The first-order valence-electron chi connectivity index (χ1n) is 7.76. The molecule has 0 bridgehead atoms. The second-order valence-electron chi connectivity index (χ2n) is 6.86. The fourth-order valence-corrected chi connectivity index (χ4v) is 2.33. The zero-order valence-electron chi connectivity index (χ0n) is 14.3. The summed E-state index contributed by atoms with van der Waals surface area (Å²) in [7, 11) is 0. The smallest absolute Gasteiger partial charge is 0.410 e. The molecular formula is C18H25N3O2. The average Bonchev–Trinajstić information content (AvgIpc) is 2.45. The van der Waals surface area contributed by atoms with Gasteiger partial charge >= 0.3 is 6.09 Å². The van der Waals surface area contributed by atoms with Crippen molar-refractivity contribution in [3.05, 3.63) is 36.2 Å². The fraction of sp³-hybridized carbons (Fsp3) is 0.444. The molecule has 1 amide bonds. The van der Waals surface area contributed by atoms with E-state index in [0.717, 1.165) is 29.0 Å². The first-order chi connectivity index (χ1) is 10.7. The largest absolute Gasteiger partial charge is 0.444 e. The van der Waals surface area contributed by atoms with E-state index in [1.54, 1.807) is 4.90 Å². The Morgan fingerprint density at radius 2 is 2.09 bits per heavy atom. The van der Waals surface area contributed by atoms with Gasteiger partial charge in [-0.3, -0.25) is 0 Å². The molecule has 2 rings (SSSR count). The molecule has 0 aliphatic carbocycles. The lowest BCUT2D eigenvalue weighted by Gasteiger charge is -2.29. The third-order valence-corrected chi connectivity index (χ3v) is 3.47. The lowest BCUT2D eigenvalue weighted by molar-refractivity contribution is 0.0270. The van der Waals surface area contributed by atoms with Crippen molar-refractivity contribution in [2.75, 3.05) is 18.8 Å². The number of allylic oxidation sites excluding steroid dienone is 1. The van der Waals surface area contributed by atoms with Crippen LogP contribution in [0, 0.1) is 0 Å². The van der Waals surface area contributed by atoms with E-state index >= 15 is 0 Å². The first-order valence-corrected chi connectivity index (χ1v) is 7.76. The van der Waals surface area contributed by atoms with E-state index < -0.39 is 5.60 Å². The van der Waals surface area contributed by atoms with Gasteiger partial charge in [-0.05, 0) is 57.4 Å². The predicted octanol–water partition coefficient (Wildman–Crippen LogP) is 3.72. The highest BCUT2D eigenvalue weighted by molar-refractivity contribution is 5.73. The van der Waals surface area contributed by atoms with Crippen LogP contribution in [-0.4, -0.2) is 34.7 Å². The second-order valence-corrected chi connectivity index (χ2v) is 6.86. The number of amides is 1. The van der Waals surface area contributed by atoms with Gasteiger partial charge in [0, 0.05) is 18.8 Å². The minimum atomic E-state index is -0.479. The standard InChI is InChI=1S/C18H25N3O2/c1-12(2)15-10-14(19)11-16(20-15)13-6-8-21(9-7-13)17(22)23-18(3,4)5/h6,10-11H,1,7-9H2,2-5H3,(H2,19,20). The quantitative estimate of drug-likeness (QED) is 0.903. The number of hydrogen-bond donors (Lipinski definition) is 1. The summed E-state index contributed by atoms with van der Waals surface area (Å²) in [5, 5.41) is 0. The van der Waals surface area contributed by atoms with Crippen LogP contribution in [0.1, 0.15) is 45.5 Å². The van der Waals surface area contributed by atoms with Gasteiger partial charge in [0.25, 0.3) is 0 Å². The molecule has 0 fully saturated rings. The van der Waals surface area contributed by atoms with Crippen LogP contribution < -0.4 is 5.73 Å². The van der Waals surface area contributed by atoms with Crippen molar-refractivity contribution in [3.8, 4) is 0 Å². The number of pyridine rings is 1. The summed E-state index contributed by atoms with van der Waals surface area (Å²) in [6.45, 7) is 12.6. The molecule has 23 heavy (non-hydrogen) atoms. The number of rotatable bonds is 2. The number of carbonyl (C=O) groups excluding carboxylic acids is 1. The maximum atomic E-state index is 12.1. The molecule has 0 aromatic carbocycles. The van der Waals surface area contributed by atoms with Crippen LogP contribution in [0.25, 0.3) is 11.1 Å². The van der Waals surface area contributed by atoms with Gasteiger partial charge in [-0.15, -0.1) is 0 Å². The van der Waals surface area contributed by atoms with E-state index in [0.29, 0.717) is 18.8 Å². The topological polar surface area (TPSA) is 68.5 Å². The Morgan fingerprint density at radius 3 is 2.61 bits per heavy atom. The molecular weight excluding hydrogens is 290 g/mol. The number of ether oxygens (including phenoxy) is 1. The lowest BCUT2D eigenvalue weighted by Crippen LogP contribution is -2.39. The summed E-state index contributed by atoms with van der Waals surface area (Å²) >= 11 is 0. The van der Waals surface area contributed by atoms with Crippen molar-refractivity contribution in [2.24, 2.45) is 0 Å². The third-order valence-electron chi connectivity index (χ3n) is 3.47. The van der Waals surface area contributed by atoms with Crippen molar-refractivity contribution in [3.63, 3.8) is 0 Å². The number of nitrogens with two attached hydrogens (primary N) is 1. The van der Waals surface area contributed by atoms with Crippen molar-refractivity contribution in [1.82, 2.24) is 9.88 Å². The zero-order chi connectivity index (χ0) is 17.2. The van der Waals surface area contributed by atoms with E-state index in [9.17, 15) is 4.79 Å². The van der Waals surface area contributed by atoms with E-state index in [1.807, 2.05) is 45.9 Å². The van der Waals surface area contributed by atoms with Gasteiger partial charge in [-0.25, -0.2) is 9.78 Å². The average molecular weight is 315 g/mol. The van der Waals surface area contributed by atoms with Crippen LogP contribution in [0.3, 0.4) is 0 Å². The molecule has 0 radical (unpaired) electrons. The van der Waals surface area contributed by atoms with E-state index in [1.165, 1.54) is 0 Å². The SMILES string of the molecule is C=C(C)c1cc(N)cc(C2=CCN(C(=O)OC(C)(C)C)CC2)n1. The fourth-order valence-electron chi connectivity index (χ4n) is 2.33. The molecule has 2 N–H and O–H groups in total. The molecule has 124 valence electrons. The van der Waals surface area contributed by atoms with Crippen molar-refractivity contribution in [2.45, 2.75) is 39.7 Å². The molecule has 0 saturated heterocycles. The van der Waals surface area contributed by atoms with Crippen molar-refractivity contribution >= 4 is 22.9 Å². The van der Waals surface area contributed by atoms with Gasteiger partial charge in [-0.2, -0.15) is 0 Å². The number of carbonyl (C=O) groups is 1. The third kappa shape index (κ3) is 4.58. The predicted molar refractivity (Wildman–Crippen MR) is 93.8 cm³/mol. The highest BCUT2D eigenvalue weighted by Crippen LogP contribution is 2.25. The van der Waals surface area contributed by atoms with E-state index in [2.05, 4.69) is 11.6 Å². The van der Waals surface area contributed by atoms with Crippen molar-refractivity contribution < 1.29 is 9.53 Å². The minimum absolute atomic E-state index is 0.282. The van der Waals surface area contributed by atoms with E-state index in [4.69, 9.17) is 10.5 Å². The van der Waals surface area contributed by atoms with Gasteiger partial charge in [0.2, 0.25) is 0 Å². The van der Waals surface area contributed by atoms with Crippen LogP contribution in [0.15, 0.2) is 24.8 Å². The normalized spacial score (nSPS) is 15.1. The summed E-state index contributed by atoms with van der Waals surface area (Å²) in [6.07, 6.45) is 2.46. The van der Waals surface area contributed by atoms with Gasteiger partial charge in [0.05, 0.1) is 11.4 Å². The number of nitrogen functional groups attached to an aromatic ring is 1. The summed E-state index contributed by atoms with van der Waals surface area (Å²) in [5.41, 5.74) is 9.78. The van der Waals surface area contributed by atoms with Gasteiger partial charge in [0.15, 0.2) is 0 Å². The maximum Gasteiger partial charge on any atom is 0.410 e. The van der Waals surface area contributed by atoms with Gasteiger partial charge in [-0.1, -0.05) is 12.7 Å². The highest BCUT2D eigenvalue weighted by Gasteiger charge is 2.24. The van der Waals surface area contributed by atoms with E-state index in [-0.39, 0.29) is 6.09 Å². The van der Waals surface area contributed by atoms with Gasteiger partial charge in [0.1, 0.15) is 5.60 Å². The Hall–Kier alpha value is -2.30. The first kappa shape index (κ1) is 17.1. The van der Waals surface area contributed by atoms with Crippen LogP contribution in [0.2, 0.25) is 0 Å². The summed E-state index contributed by atoms with van der Waals surface area (Å²) < 4.78 is 5.40. The molecule has 0 saturated carbocycles. The highest BCUT2D eigenvalue weighted by atomic mass is 16.6. The van der Waals surface area contributed by atoms with Crippen LogP contribution >= 0.6 is 0 Å². The lowest BCUT2D eigenvalue weighted by atomic mass is 10.0. The number of hydrogen-bond acceptors (Lipinski definition) is 4. The zero-order valence-corrected chi connectivity index (χ0v) is 14.3. The molecule has 0 spiro atoms. The summed E-state index contributed by atoms with van der Waals surface area (Å²) in [5.74, 6) is 0. The number of nitrogens with zero attached hydrogens (tertiary/aromatic N) is 2. The maximum absolute atomic E-state index is 12.1. The molecule has 5 heteroatoms. The van der Waals surface area contributed by atoms with Crippen LogP contribution in [0.5, 0.6) is 0 Å². The molecule has 1 aromatic heterocycles. The van der Waals surface area contributed by atoms with Crippen LogP contribution in [0.4, 0.5) is 10.5 Å². The summed E-state index contributed by atoms with van der Waals surface area (Å²) in [4.78, 5) is 18.4. The molecule has 2 heterocycles. The Kier molecular flexibility index (Phi) is 4.78. The molecule has 0 atom stereocenters. The Bertz CT molecular complexity index is 657. The second kappa shape index (κ2) is 6.44. The molecule has 5 nitrogen and oxygen atoms in total. The molecule has 1 aliphatic heterocycles. The number of aromatic nitrogens is 1. The van der Waals surface area contributed by atoms with Crippen molar-refractivity contribution in [1.29, 1.82) is 0 Å². The Balaban J connectivity index is 2.13. The molecule has 1 aliphatic rings. The summed E-state index contributed by atoms with van der Waals surface area (Å²) in [6, 6.07) is 3.68. The van der Waals surface area contributed by atoms with Crippen LogP contribution in [-0.2, 0) is 4.74 Å². The van der Waals surface area contributed by atoms with Gasteiger partial charge < -0.3 is 15.4 Å². The monoisotopic (exact) mass is 315 g/mol. The Morgan fingerprint density at radius 1 is 1.39 bits per heavy atom. The number of anilines is 1. The minimum Gasteiger partial charge on any atom is -0.444 e. The molecule has 1 aromatic rings. The Labute approximate surface area is 137 Å².